The van der Waals surface area contributed by atoms with E-state index in [1.807, 2.05) is 0 Å². The van der Waals surface area contributed by atoms with Crippen LogP contribution in [0.15, 0.2) is 48.5 Å². The Morgan fingerprint density at radius 3 is 2.36 bits per heavy atom. The van der Waals surface area contributed by atoms with Crippen LogP contribution in [-0.2, 0) is 11.2 Å². The molecule has 0 saturated carbocycles. The molecule has 0 aliphatic rings. The van der Waals surface area contributed by atoms with Crippen LogP contribution in [0, 0.1) is 11.7 Å². The summed E-state index contributed by atoms with van der Waals surface area (Å²) in [5.41, 5.74) is 1.73. The number of rotatable bonds is 6. The van der Waals surface area contributed by atoms with Crippen molar-refractivity contribution in [3.8, 4) is 0 Å². The molecule has 3 amide bonds. The number of hydrogen-bond donors (Lipinski definition) is 3. The molecule has 2 aromatic carbocycles. The van der Waals surface area contributed by atoms with Crippen molar-refractivity contribution in [2.24, 2.45) is 5.92 Å². The maximum Gasteiger partial charge on any atom is 0.319 e. The van der Waals surface area contributed by atoms with E-state index in [0.29, 0.717) is 29.9 Å². The van der Waals surface area contributed by atoms with Crippen molar-refractivity contribution in [1.82, 2.24) is 5.32 Å². The van der Waals surface area contributed by atoms with Crippen molar-refractivity contribution in [3.05, 3.63) is 59.9 Å². The molecule has 0 radical (unpaired) electrons. The van der Waals surface area contributed by atoms with Crippen molar-refractivity contribution in [2.75, 3.05) is 17.2 Å². The molecule has 132 valence electrons. The van der Waals surface area contributed by atoms with Gasteiger partial charge in [-0.25, -0.2) is 9.18 Å². The second-order valence-corrected chi connectivity index (χ2v) is 5.95. The first-order chi connectivity index (χ1) is 12.0. The average Bonchev–Trinajstić information content (AvgIpc) is 2.57. The number of anilines is 2. The van der Waals surface area contributed by atoms with E-state index in [1.54, 1.807) is 56.3 Å². The first-order valence-electron chi connectivity index (χ1n) is 8.15. The molecule has 0 unspecified atom stereocenters. The number of benzene rings is 2. The molecule has 25 heavy (non-hydrogen) atoms. The molecular formula is C19H22FN3O2. The van der Waals surface area contributed by atoms with Crippen LogP contribution in [0.5, 0.6) is 0 Å². The molecule has 0 aliphatic heterocycles. The van der Waals surface area contributed by atoms with Gasteiger partial charge in [0.1, 0.15) is 5.82 Å². The zero-order valence-electron chi connectivity index (χ0n) is 14.3. The quantitative estimate of drug-likeness (QED) is 0.747. The van der Waals surface area contributed by atoms with Gasteiger partial charge in [-0.15, -0.1) is 0 Å². The molecule has 0 heterocycles. The summed E-state index contributed by atoms with van der Waals surface area (Å²) in [4.78, 5) is 23.6. The van der Waals surface area contributed by atoms with Gasteiger partial charge in [-0.2, -0.15) is 0 Å². The lowest BCUT2D eigenvalue weighted by atomic mass is 10.1. The Kier molecular flexibility index (Phi) is 6.51. The minimum Gasteiger partial charge on any atom is -0.338 e. The third-order valence-electron chi connectivity index (χ3n) is 3.55. The van der Waals surface area contributed by atoms with Gasteiger partial charge in [-0.1, -0.05) is 38.1 Å². The number of nitrogens with one attached hydrogen (secondary N) is 3. The van der Waals surface area contributed by atoms with E-state index in [-0.39, 0.29) is 23.7 Å². The third kappa shape index (κ3) is 5.91. The van der Waals surface area contributed by atoms with E-state index in [9.17, 15) is 14.0 Å². The summed E-state index contributed by atoms with van der Waals surface area (Å²) in [6, 6.07) is 13.0. The highest BCUT2D eigenvalue weighted by Gasteiger charge is 2.08. The van der Waals surface area contributed by atoms with Gasteiger partial charge in [0.25, 0.3) is 0 Å². The van der Waals surface area contributed by atoms with Crippen molar-refractivity contribution < 1.29 is 14.0 Å². The van der Waals surface area contributed by atoms with Crippen LogP contribution >= 0.6 is 0 Å². The fraction of sp³-hybridized carbons (Fsp3) is 0.263. The normalized spacial score (nSPS) is 10.4. The Balaban J connectivity index is 1.84. The van der Waals surface area contributed by atoms with Crippen LogP contribution in [0.2, 0.25) is 0 Å². The maximum atomic E-state index is 13.5. The third-order valence-corrected chi connectivity index (χ3v) is 3.55. The monoisotopic (exact) mass is 343 g/mol. The van der Waals surface area contributed by atoms with Crippen molar-refractivity contribution >= 4 is 23.3 Å². The predicted octanol–water partition coefficient (Wildman–Crippen LogP) is 3.78. The summed E-state index contributed by atoms with van der Waals surface area (Å²) < 4.78 is 13.5. The first kappa shape index (κ1) is 18.4. The van der Waals surface area contributed by atoms with Gasteiger partial charge < -0.3 is 16.0 Å². The molecule has 6 heteroatoms. The summed E-state index contributed by atoms with van der Waals surface area (Å²) in [5, 5.41) is 8.15. The lowest BCUT2D eigenvalue weighted by Gasteiger charge is -2.11. The summed E-state index contributed by atoms with van der Waals surface area (Å²) in [5.74, 6) is -0.497. The molecule has 0 spiro atoms. The van der Waals surface area contributed by atoms with E-state index < -0.39 is 0 Å². The second kappa shape index (κ2) is 8.82. The standard InChI is InChI=1S/C19H22FN3O2/c1-13(2)18(24)22-15-7-5-8-16(12-15)23-19(25)21-11-10-14-6-3-4-9-17(14)20/h3-9,12-13H,10-11H2,1-2H3,(H,22,24)(H2,21,23,25). The molecule has 0 bridgehead atoms. The molecule has 0 atom stereocenters. The Bertz CT molecular complexity index is 747. The number of amides is 3. The lowest BCUT2D eigenvalue weighted by Crippen LogP contribution is -2.30. The molecule has 0 fully saturated rings. The fourth-order valence-electron chi connectivity index (χ4n) is 2.15. The van der Waals surface area contributed by atoms with Crippen LogP contribution in [0.25, 0.3) is 0 Å². The number of urea groups is 1. The van der Waals surface area contributed by atoms with E-state index in [0.717, 1.165) is 0 Å². The molecule has 0 aliphatic carbocycles. The van der Waals surface area contributed by atoms with Gasteiger partial charge in [0.05, 0.1) is 0 Å². The van der Waals surface area contributed by atoms with Gasteiger partial charge in [0, 0.05) is 23.8 Å². The Hall–Kier alpha value is -2.89. The second-order valence-electron chi connectivity index (χ2n) is 5.95. The molecule has 3 N–H and O–H groups in total. The number of hydrogen-bond acceptors (Lipinski definition) is 2. The zero-order chi connectivity index (χ0) is 18.2. The van der Waals surface area contributed by atoms with Crippen LogP contribution in [0.3, 0.4) is 0 Å². The summed E-state index contributed by atoms with van der Waals surface area (Å²) >= 11 is 0. The summed E-state index contributed by atoms with van der Waals surface area (Å²) in [7, 11) is 0. The van der Waals surface area contributed by atoms with Gasteiger partial charge in [-0.05, 0) is 36.2 Å². The largest absolute Gasteiger partial charge is 0.338 e. The SMILES string of the molecule is CC(C)C(=O)Nc1cccc(NC(=O)NCCc2ccccc2F)c1. The van der Waals surface area contributed by atoms with Crippen LogP contribution < -0.4 is 16.0 Å². The smallest absolute Gasteiger partial charge is 0.319 e. The maximum absolute atomic E-state index is 13.5. The van der Waals surface area contributed by atoms with Gasteiger partial charge in [0.15, 0.2) is 0 Å². The molecule has 5 nitrogen and oxygen atoms in total. The van der Waals surface area contributed by atoms with Crippen LogP contribution in [0.1, 0.15) is 19.4 Å². The minimum absolute atomic E-state index is 0.0912. The van der Waals surface area contributed by atoms with Crippen LogP contribution in [-0.4, -0.2) is 18.5 Å². The number of carbonyl (C=O) groups is 2. The van der Waals surface area contributed by atoms with Crippen molar-refractivity contribution in [2.45, 2.75) is 20.3 Å². The van der Waals surface area contributed by atoms with Gasteiger partial charge in [0.2, 0.25) is 5.91 Å². The van der Waals surface area contributed by atoms with Gasteiger partial charge >= 0.3 is 6.03 Å². The molecular weight excluding hydrogens is 321 g/mol. The van der Waals surface area contributed by atoms with E-state index in [4.69, 9.17) is 0 Å². The molecule has 2 rings (SSSR count). The first-order valence-corrected chi connectivity index (χ1v) is 8.15. The van der Waals surface area contributed by atoms with Crippen molar-refractivity contribution in [3.63, 3.8) is 0 Å². The molecule has 2 aromatic rings. The fourth-order valence-corrected chi connectivity index (χ4v) is 2.15. The Morgan fingerprint density at radius 1 is 1.00 bits per heavy atom. The van der Waals surface area contributed by atoms with Gasteiger partial charge in [-0.3, -0.25) is 4.79 Å². The average molecular weight is 343 g/mol. The highest BCUT2D eigenvalue weighted by atomic mass is 19.1. The minimum atomic E-state index is -0.385. The van der Waals surface area contributed by atoms with E-state index in [2.05, 4.69) is 16.0 Å². The zero-order valence-corrected chi connectivity index (χ0v) is 14.3. The van der Waals surface area contributed by atoms with E-state index >= 15 is 0 Å². The molecule has 0 saturated heterocycles. The molecule has 0 aromatic heterocycles. The summed E-state index contributed by atoms with van der Waals surface area (Å²) in [6.07, 6.45) is 0.407. The highest BCUT2D eigenvalue weighted by molar-refractivity contribution is 5.94. The predicted molar refractivity (Wildman–Crippen MR) is 97.0 cm³/mol. The van der Waals surface area contributed by atoms with E-state index in [1.165, 1.54) is 6.07 Å². The topological polar surface area (TPSA) is 70.2 Å². The number of carbonyl (C=O) groups excluding carboxylic acids is 2. The highest BCUT2D eigenvalue weighted by Crippen LogP contribution is 2.16. The number of halogens is 1. The summed E-state index contributed by atoms with van der Waals surface area (Å²) in [6.45, 7) is 3.93. The Labute approximate surface area is 146 Å². The van der Waals surface area contributed by atoms with Crippen LogP contribution in [0.4, 0.5) is 20.6 Å². The lowest BCUT2D eigenvalue weighted by molar-refractivity contribution is -0.118. The Morgan fingerprint density at radius 2 is 1.68 bits per heavy atom. The van der Waals surface area contributed by atoms with Crippen molar-refractivity contribution in [1.29, 1.82) is 0 Å².